The number of rotatable bonds is 25. The molecule has 0 N–H and O–H groups in total. The molecule has 1 aliphatic carbocycles. The fraction of sp³-hybridized carbons (Fsp3) is 0.481. The molecular formula is C104H124ClN21O6. The number of likely N-dealkylation sites (tertiary alicyclic amines) is 3. The van der Waals surface area contributed by atoms with Gasteiger partial charge in [0.05, 0.1) is 55.0 Å². The summed E-state index contributed by atoms with van der Waals surface area (Å²) in [5.41, 5.74) is 12.4. The van der Waals surface area contributed by atoms with Gasteiger partial charge >= 0.3 is 18.0 Å². The molecule has 7 atom stereocenters. The number of nitrogens with zero attached hydrogens (tertiary/aromatic N) is 21. The summed E-state index contributed by atoms with van der Waals surface area (Å²) in [5, 5.41) is 7.95. The van der Waals surface area contributed by atoms with Crippen LogP contribution in [0.5, 0.6) is 18.0 Å². The van der Waals surface area contributed by atoms with Gasteiger partial charge in [-0.2, -0.15) is 29.9 Å². The zero-order valence-corrected chi connectivity index (χ0v) is 77.8. The quantitative estimate of drug-likeness (QED) is 0.0296. The molecule has 7 fully saturated rings. The van der Waals surface area contributed by atoms with Gasteiger partial charge < -0.3 is 82.6 Å². The first kappa shape index (κ1) is 91.7. The van der Waals surface area contributed by atoms with E-state index in [2.05, 4.69) is 203 Å². The third-order valence-corrected chi connectivity index (χ3v) is 29.1. The first-order valence-corrected chi connectivity index (χ1v) is 48.0. The molecule has 12 heterocycles. The van der Waals surface area contributed by atoms with Crippen molar-refractivity contribution in [3.63, 3.8) is 0 Å². The van der Waals surface area contributed by atoms with Crippen molar-refractivity contribution in [3.8, 4) is 18.0 Å². The number of piperazine rings is 3. The van der Waals surface area contributed by atoms with Gasteiger partial charge in [-0.3, -0.25) is 19.3 Å². The summed E-state index contributed by atoms with van der Waals surface area (Å²) < 4.78 is 18.9. The normalized spacial score (nSPS) is 21.4. The highest BCUT2D eigenvalue weighted by atomic mass is 35.5. The molecule has 2 bridgehead atoms. The third-order valence-electron chi connectivity index (χ3n) is 28.8. The smallest absolute Gasteiger partial charge is 0.318 e. The first-order valence-electron chi connectivity index (χ1n) is 47.6. The Hall–Kier alpha value is -12.2. The summed E-state index contributed by atoms with van der Waals surface area (Å²) in [6.45, 7) is 58.1. The van der Waals surface area contributed by atoms with Gasteiger partial charge in [-0.1, -0.05) is 123 Å². The summed E-state index contributed by atoms with van der Waals surface area (Å²) in [5.74, 6) is 3.13. The number of aryl methyl sites for hydroxylation is 2. The number of anilines is 6. The van der Waals surface area contributed by atoms with Crippen LogP contribution in [0, 0.1) is 39.5 Å². The number of hydrogen-bond acceptors (Lipinski definition) is 21. The van der Waals surface area contributed by atoms with E-state index in [9.17, 15) is 14.4 Å². The van der Waals surface area contributed by atoms with E-state index in [-0.39, 0.29) is 61.5 Å². The maximum atomic E-state index is 12.7. The number of hydrogen-bond donors (Lipinski definition) is 0. The van der Waals surface area contributed by atoms with Gasteiger partial charge in [0.2, 0.25) is 37.4 Å². The average Bonchev–Trinajstić information content (AvgIpc) is 1.30. The Labute approximate surface area is 782 Å². The van der Waals surface area contributed by atoms with E-state index < -0.39 is 0 Å². The SMILES string of the molecule is [C-]#[N+]C[C@H]1CN(c2nc(OCCCN3CCCCC3)nc3c2CCN(c2cccc4cccc(C)c24)C3)CCN1C(=O)C=C.[C-]#[N+]C[C@H]1CN(c2nc(OCCCN3C[C@H]4CC[C@@H]3C4)nc3c2CCN(c2cccc4cccc(C)c24)C3)CCN1C(=O)C=C.[C-]#[N+]C[C@H]1CN(c2nc(OC[C@@H]3CCCN3C)nc3c2CCN(c2cccc4cccc(Cl)c24)C3)[C@@H](C)CN1C(=O)C=C. The molecule has 0 radical (unpaired) electrons. The van der Waals surface area contributed by atoms with Crippen molar-refractivity contribution >= 4 is 96.2 Å². The zero-order valence-electron chi connectivity index (χ0n) is 77.1. The molecule has 28 heteroatoms. The fourth-order valence-corrected chi connectivity index (χ4v) is 22.2. The maximum Gasteiger partial charge on any atom is 0.318 e. The van der Waals surface area contributed by atoms with E-state index in [4.69, 9.17) is 75.4 Å². The Morgan fingerprint density at radius 3 is 1.39 bits per heavy atom. The van der Waals surface area contributed by atoms with E-state index in [0.29, 0.717) is 116 Å². The van der Waals surface area contributed by atoms with Crippen LogP contribution in [0.25, 0.3) is 46.9 Å². The minimum Gasteiger partial charge on any atom is -0.463 e. The Morgan fingerprint density at radius 2 is 0.917 bits per heavy atom. The van der Waals surface area contributed by atoms with E-state index in [1.54, 1.807) is 14.7 Å². The number of carbonyl (C=O) groups excluding carboxylic acids is 3. The van der Waals surface area contributed by atoms with Crippen molar-refractivity contribution in [2.75, 3.05) is 187 Å². The number of piperidine rings is 2. The van der Waals surface area contributed by atoms with Crippen molar-refractivity contribution in [2.24, 2.45) is 5.92 Å². The van der Waals surface area contributed by atoms with Crippen molar-refractivity contribution in [1.29, 1.82) is 0 Å². The molecule has 3 amide bonds. The number of amides is 3. The van der Waals surface area contributed by atoms with Crippen LogP contribution in [-0.4, -0.2) is 271 Å². The van der Waals surface area contributed by atoms with Crippen molar-refractivity contribution < 1.29 is 28.6 Å². The average molecular weight is 1800 g/mol. The van der Waals surface area contributed by atoms with Crippen LogP contribution in [0.15, 0.2) is 147 Å². The van der Waals surface area contributed by atoms with Gasteiger partial charge in [-0.15, -0.1) is 0 Å². The van der Waals surface area contributed by atoms with Crippen LogP contribution in [-0.2, 0) is 53.3 Å². The molecule has 6 saturated heterocycles. The molecule has 3 aromatic heterocycles. The van der Waals surface area contributed by atoms with Gasteiger partial charge in [-0.05, 0) is 200 Å². The Morgan fingerprint density at radius 1 is 0.462 bits per heavy atom. The molecule has 1 saturated carbocycles. The molecule has 9 aromatic rings. The predicted octanol–water partition coefficient (Wildman–Crippen LogP) is 14.6. The number of halogens is 1. The lowest BCUT2D eigenvalue weighted by molar-refractivity contribution is -0.129. The van der Waals surface area contributed by atoms with Crippen LogP contribution >= 0.6 is 11.6 Å². The highest BCUT2D eigenvalue weighted by molar-refractivity contribution is 6.36. The topological polar surface area (TPSA) is 208 Å². The Bertz CT molecular complexity index is 5850. The lowest BCUT2D eigenvalue weighted by Crippen LogP contribution is -2.60. The summed E-state index contributed by atoms with van der Waals surface area (Å²) >= 11 is 6.71. The Balaban J connectivity index is 0.000000138. The van der Waals surface area contributed by atoms with E-state index in [1.165, 1.54) is 120 Å². The van der Waals surface area contributed by atoms with E-state index in [1.807, 2.05) is 12.1 Å². The number of carbonyl (C=O) groups is 3. The van der Waals surface area contributed by atoms with E-state index in [0.717, 1.165) is 169 Å². The molecule has 9 aliphatic heterocycles. The van der Waals surface area contributed by atoms with Crippen LogP contribution in [0.3, 0.4) is 0 Å². The van der Waals surface area contributed by atoms with E-state index >= 15 is 0 Å². The fourth-order valence-electron chi connectivity index (χ4n) is 22.0. The van der Waals surface area contributed by atoms with Crippen LogP contribution in [0.1, 0.15) is 116 Å². The summed E-state index contributed by atoms with van der Waals surface area (Å²) in [4.78, 5) is 106. The molecule has 27 nitrogen and oxygen atoms in total. The van der Waals surface area contributed by atoms with Gasteiger partial charge in [-0.25, -0.2) is 19.7 Å². The molecule has 19 rings (SSSR count). The zero-order chi connectivity index (χ0) is 91.5. The van der Waals surface area contributed by atoms with Gasteiger partial charge in [0, 0.05) is 160 Å². The molecular weight excluding hydrogens is 1670 g/mol. The van der Waals surface area contributed by atoms with Crippen molar-refractivity contribution in [1.82, 2.24) is 59.3 Å². The minimum atomic E-state index is -0.251. The lowest BCUT2D eigenvalue weighted by atomic mass is 9.99. The third kappa shape index (κ3) is 20.2. The number of likely N-dealkylation sites (N-methyl/N-ethyl adjacent to an activating group) is 1. The summed E-state index contributed by atoms with van der Waals surface area (Å²) in [7, 11) is 2.14. The molecule has 0 unspecified atom stereocenters. The Kier molecular flexibility index (Phi) is 29.3. The van der Waals surface area contributed by atoms with Crippen LogP contribution in [0.2, 0.25) is 5.02 Å². The number of ether oxygens (including phenoxy) is 3. The number of aromatic nitrogens is 6. The monoisotopic (exact) mass is 1800 g/mol. The molecule has 0 spiro atoms. The van der Waals surface area contributed by atoms with Gasteiger partial charge in [0.25, 0.3) is 0 Å². The van der Waals surface area contributed by atoms with Gasteiger partial charge in [0.15, 0.2) is 0 Å². The summed E-state index contributed by atoms with van der Waals surface area (Å²) in [6, 6.07) is 39.9. The van der Waals surface area contributed by atoms with Crippen LogP contribution < -0.4 is 43.6 Å². The number of benzene rings is 6. The maximum absolute atomic E-state index is 12.7. The second kappa shape index (κ2) is 42.1. The molecule has 10 aliphatic rings. The highest BCUT2D eigenvalue weighted by Crippen LogP contribution is 2.43. The van der Waals surface area contributed by atoms with Gasteiger partial charge in [0.1, 0.15) is 42.2 Å². The second-order valence-electron chi connectivity index (χ2n) is 37.1. The first-order chi connectivity index (χ1) is 64.4. The van der Waals surface area contributed by atoms with Crippen LogP contribution in [0.4, 0.5) is 34.5 Å². The predicted molar refractivity (Wildman–Crippen MR) is 524 cm³/mol. The minimum absolute atomic E-state index is 0.00592. The standard InChI is InChI=1S/C36H43N7O2.C35H43N7O2.C33H38ClN7O2/c1-4-33(44)43-18-17-42(23-29(43)21-37-3)35-30-14-16-41(32-11-6-10-27-9-5-8-25(2)34(27)32)24-31(30)38-36(39-35)45-19-7-15-40-22-26-12-13-28(40)20-26;1-4-32(43)42-21-20-41(24-28(42)23-36-3)34-29-15-19-40(31-14-9-13-27-12-8-11-26(2)33(27)31)25-30(29)37-35(38-34)44-22-10-18-39-16-6-5-7-17-39;1-5-30(42)41-18-22(2)40(19-25(41)17-35-3)32-26-14-16-39(29-13-7-10-23-9-6-12-27(34)31(23)29)20-28(26)36-33(37-32)43-21-24-11-8-15-38(24)4/h4-6,8-11,26,28-29H,1,7,12-24H2,2H3;4,8-9,11-14,28H,1,5-7,10,15-25H2,2H3;5-7,9-10,12-13,22,24-25H,1,8,11,14-21H2,2,4H3/t26-,28+,29-;28-;22-,24-,25-/m000/s1. The summed E-state index contributed by atoms with van der Waals surface area (Å²) in [6.07, 6.45) is 18.6. The van der Waals surface area contributed by atoms with Crippen molar-refractivity contribution in [3.05, 3.63) is 231 Å². The largest absolute Gasteiger partial charge is 0.463 e. The molecule has 6 aromatic carbocycles. The lowest BCUT2D eigenvalue weighted by Gasteiger charge is -2.45. The number of fused-ring (bicyclic) bond motifs is 8. The molecule has 132 heavy (non-hydrogen) atoms. The molecule has 688 valence electrons. The highest BCUT2D eigenvalue weighted by Gasteiger charge is 2.43. The second-order valence-corrected chi connectivity index (χ2v) is 37.5. The van der Waals surface area contributed by atoms with Crippen molar-refractivity contribution in [2.45, 2.75) is 160 Å².